The summed E-state index contributed by atoms with van der Waals surface area (Å²) in [4.78, 5) is 19.9. The van der Waals surface area contributed by atoms with Crippen molar-refractivity contribution >= 4 is 44.1 Å². The SMILES string of the molecule is O=c1c2c(-c3ccccc3)csc2nc(Sc2nnc(-c3ccccc3)c3ccccc23)n1-c1ccccc1. The van der Waals surface area contributed by atoms with Crippen molar-refractivity contribution in [3.8, 4) is 28.1 Å². The summed E-state index contributed by atoms with van der Waals surface area (Å²) in [5.41, 5.74) is 4.37. The van der Waals surface area contributed by atoms with Gasteiger partial charge in [-0.3, -0.25) is 9.36 Å². The van der Waals surface area contributed by atoms with Gasteiger partial charge in [-0.1, -0.05) is 103 Å². The highest BCUT2D eigenvalue weighted by molar-refractivity contribution is 7.99. The highest BCUT2D eigenvalue weighted by Gasteiger charge is 2.21. The second kappa shape index (κ2) is 9.94. The van der Waals surface area contributed by atoms with Gasteiger partial charge in [-0.25, -0.2) is 4.98 Å². The third-order valence-corrected chi connectivity index (χ3v) is 8.39. The van der Waals surface area contributed by atoms with Crippen LogP contribution >= 0.6 is 23.1 Å². The molecule has 0 N–H and O–H groups in total. The van der Waals surface area contributed by atoms with Crippen LogP contribution in [0.15, 0.2) is 136 Å². The van der Waals surface area contributed by atoms with E-state index in [-0.39, 0.29) is 5.56 Å². The summed E-state index contributed by atoms with van der Waals surface area (Å²) >= 11 is 2.84. The first-order valence-electron chi connectivity index (χ1n) is 12.4. The van der Waals surface area contributed by atoms with Gasteiger partial charge >= 0.3 is 0 Å². The number of hydrogen-bond acceptors (Lipinski definition) is 6. The quantitative estimate of drug-likeness (QED) is 0.208. The molecule has 39 heavy (non-hydrogen) atoms. The predicted octanol–water partition coefficient (Wildman–Crippen LogP) is 7.88. The first kappa shape index (κ1) is 23.5. The van der Waals surface area contributed by atoms with Crippen molar-refractivity contribution in [3.05, 3.63) is 131 Å². The van der Waals surface area contributed by atoms with Gasteiger partial charge in [-0.2, -0.15) is 0 Å². The largest absolute Gasteiger partial charge is 0.268 e. The Morgan fingerprint density at radius 2 is 1.28 bits per heavy atom. The summed E-state index contributed by atoms with van der Waals surface area (Å²) in [5, 5.41) is 15.1. The van der Waals surface area contributed by atoms with E-state index in [1.54, 1.807) is 4.57 Å². The monoisotopic (exact) mass is 540 g/mol. The van der Waals surface area contributed by atoms with Crippen molar-refractivity contribution in [2.75, 3.05) is 0 Å². The van der Waals surface area contributed by atoms with E-state index in [4.69, 9.17) is 4.98 Å². The molecule has 3 heterocycles. The van der Waals surface area contributed by atoms with Gasteiger partial charge in [0, 0.05) is 27.3 Å². The first-order valence-corrected chi connectivity index (χ1v) is 14.1. The highest BCUT2D eigenvalue weighted by Crippen LogP contribution is 2.37. The minimum atomic E-state index is -0.105. The zero-order chi connectivity index (χ0) is 26.2. The molecule has 0 atom stereocenters. The molecule has 7 rings (SSSR count). The van der Waals surface area contributed by atoms with Gasteiger partial charge in [-0.05, 0) is 29.5 Å². The Balaban J connectivity index is 1.44. The molecule has 7 aromatic rings. The van der Waals surface area contributed by atoms with E-state index < -0.39 is 0 Å². The van der Waals surface area contributed by atoms with Gasteiger partial charge in [0.25, 0.3) is 5.56 Å². The van der Waals surface area contributed by atoms with Crippen molar-refractivity contribution in [2.24, 2.45) is 0 Å². The maximum absolute atomic E-state index is 14.2. The average Bonchev–Trinajstić information content (AvgIpc) is 3.43. The van der Waals surface area contributed by atoms with E-state index in [1.165, 1.54) is 23.1 Å². The molecule has 3 aromatic heterocycles. The molecule has 5 nitrogen and oxygen atoms in total. The van der Waals surface area contributed by atoms with Crippen LogP contribution < -0.4 is 5.56 Å². The number of rotatable bonds is 5. The zero-order valence-electron chi connectivity index (χ0n) is 20.6. The minimum Gasteiger partial charge on any atom is -0.268 e. The maximum Gasteiger partial charge on any atom is 0.268 e. The van der Waals surface area contributed by atoms with E-state index in [0.717, 1.165) is 38.8 Å². The van der Waals surface area contributed by atoms with Gasteiger partial charge in [-0.15, -0.1) is 21.5 Å². The number of fused-ring (bicyclic) bond motifs is 2. The normalized spacial score (nSPS) is 11.3. The van der Waals surface area contributed by atoms with E-state index >= 15 is 0 Å². The van der Waals surface area contributed by atoms with Crippen LogP contribution in [-0.4, -0.2) is 19.7 Å². The van der Waals surface area contributed by atoms with Crippen molar-refractivity contribution in [1.82, 2.24) is 19.7 Å². The van der Waals surface area contributed by atoms with Crippen LogP contribution in [0.25, 0.3) is 49.1 Å². The summed E-state index contributed by atoms with van der Waals surface area (Å²) in [6.07, 6.45) is 0. The Morgan fingerprint density at radius 1 is 0.667 bits per heavy atom. The fourth-order valence-corrected chi connectivity index (χ4v) is 6.68. The van der Waals surface area contributed by atoms with Crippen LogP contribution in [0.5, 0.6) is 0 Å². The fourth-order valence-electron chi connectivity index (χ4n) is 4.73. The molecular weight excluding hydrogens is 521 g/mol. The third-order valence-electron chi connectivity index (χ3n) is 6.56. The van der Waals surface area contributed by atoms with E-state index in [1.807, 2.05) is 115 Å². The topological polar surface area (TPSA) is 60.7 Å². The van der Waals surface area contributed by atoms with Crippen molar-refractivity contribution in [3.63, 3.8) is 0 Å². The molecule has 0 aliphatic rings. The van der Waals surface area contributed by atoms with Gasteiger partial charge in [0.15, 0.2) is 5.16 Å². The first-order chi connectivity index (χ1) is 19.3. The number of para-hydroxylation sites is 1. The molecule has 186 valence electrons. The van der Waals surface area contributed by atoms with Gasteiger partial charge in [0.05, 0.1) is 11.1 Å². The molecule has 0 aliphatic carbocycles. The van der Waals surface area contributed by atoms with Crippen LogP contribution in [0, 0.1) is 0 Å². The molecule has 0 radical (unpaired) electrons. The lowest BCUT2D eigenvalue weighted by atomic mass is 10.1. The van der Waals surface area contributed by atoms with Crippen LogP contribution in [-0.2, 0) is 0 Å². The van der Waals surface area contributed by atoms with Crippen molar-refractivity contribution in [1.29, 1.82) is 0 Å². The average molecular weight is 541 g/mol. The Morgan fingerprint density at radius 3 is 2.00 bits per heavy atom. The molecule has 7 heteroatoms. The van der Waals surface area contributed by atoms with Gasteiger partial charge < -0.3 is 0 Å². The minimum absolute atomic E-state index is 0.105. The predicted molar refractivity (Wildman–Crippen MR) is 160 cm³/mol. The van der Waals surface area contributed by atoms with E-state index in [0.29, 0.717) is 20.4 Å². The molecule has 0 unspecified atom stereocenters. The number of aromatic nitrogens is 4. The van der Waals surface area contributed by atoms with Crippen LogP contribution in [0.2, 0.25) is 0 Å². The molecule has 0 spiro atoms. The Bertz CT molecular complexity index is 2000. The molecule has 0 aliphatic heterocycles. The molecule has 0 fully saturated rings. The summed E-state index contributed by atoms with van der Waals surface area (Å²) < 4.78 is 1.69. The van der Waals surface area contributed by atoms with Crippen LogP contribution in [0.1, 0.15) is 0 Å². The molecule has 0 amide bonds. The second-order valence-electron chi connectivity index (χ2n) is 8.93. The Hall–Kier alpha value is -4.59. The van der Waals surface area contributed by atoms with Crippen LogP contribution in [0.4, 0.5) is 0 Å². The third kappa shape index (κ3) is 4.22. The van der Waals surface area contributed by atoms with Crippen LogP contribution in [0.3, 0.4) is 0 Å². The molecule has 4 aromatic carbocycles. The molecular formula is C32H20N4OS2. The van der Waals surface area contributed by atoms with Crippen molar-refractivity contribution in [2.45, 2.75) is 10.2 Å². The Labute approximate surface area is 232 Å². The standard InChI is InChI=1S/C32H20N4OS2/c37-31-27-26(21-12-4-1-5-13-21)20-38-30(27)33-32(36(31)23-16-8-3-9-17-23)39-29-25-19-11-10-18-24(25)28(34-35-29)22-14-6-2-7-15-22/h1-20H. The molecule has 0 saturated heterocycles. The Kier molecular flexibility index (Phi) is 6.00. The second-order valence-corrected chi connectivity index (χ2v) is 10.7. The lowest BCUT2D eigenvalue weighted by molar-refractivity contribution is 0.819. The maximum atomic E-state index is 14.2. The lowest BCUT2D eigenvalue weighted by Gasteiger charge is -2.14. The van der Waals surface area contributed by atoms with Crippen molar-refractivity contribution < 1.29 is 0 Å². The van der Waals surface area contributed by atoms with E-state index in [9.17, 15) is 4.79 Å². The summed E-state index contributed by atoms with van der Waals surface area (Å²) in [7, 11) is 0. The fraction of sp³-hybridized carbons (Fsp3) is 0. The molecule has 0 bridgehead atoms. The number of benzene rings is 4. The number of thiophene rings is 1. The van der Waals surface area contributed by atoms with Gasteiger partial charge in [0.2, 0.25) is 0 Å². The summed E-state index contributed by atoms with van der Waals surface area (Å²) in [5.74, 6) is 0. The summed E-state index contributed by atoms with van der Waals surface area (Å²) in [6.45, 7) is 0. The zero-order valence-corrected chi connectivity index (χ0v) is 22.2. The summed E-state index contributed by atoms with van der Waals surface area (Å²) in [6, 6.07) is 37.8. The van der Waals surface area contributed by atoms with Gasteiger partial charge in [0.1, 0.15) is 15.6 Å². The highest BCUT2D eigenvalue weighted by atomic mass is 32.2. The lowest BCUT2D eigenvalue weighted by Crippen LogP contribution is -2.21. The number of hydrogen-bond donors (Lipinski definition) is 0. The molecule has 0 saturated carbocycles. The number of nitrogens with zero attached hydrogens (tertiary/aromatic N) is 4. The van der Waals surface area contributed by atoms with E-state index in [2.05, 4.69) is 16.3 Å². The smallest absolute Gasteiger partial charge is 0.268 e.